The molecule has 0 fully saturated rings. The van der Waals surface area contributed by atoms with Crippen LogP contribution < -0.4 is 10.1 Å². The summed E-state index contributed by atoms with van der Waals surface area (Å²) in [6.07, 6.45) is 4.23. The Morgan fingerprint density at radius 2 is 1.81 bits per heavy atom. The SMILES string of the molecule is CC(NC(=O)COc1ccccc1Cc1ccccc1)c1cccnc1. The van der Waals surface area contributed by atoms with Gasteiger partial charge in [-0.25, -0.2) is 0 Å². The first-order chi connectivity index (χ1) is 12.7. The van der Waals surface area contributed by atoms with Crippen molar-refractivity contribution >= 4 is 5.91 Å². The van der Waals surface area contributed by atoms with Crippen molar-refractivity contribution in [3.63, 3.8) is 0 Å². The molecule has 2 aromatic carbocycles. The average Bonchev–Trinajstić information content (AvgIpc) is 2.69. The minimum atomic E-state index is -0.157. The summed E-state index contributed by atoms with van der Waals surface area (Å²) in [6, 6.07) is 21.7. The minimum Gasteiger partial charge on any atom is -0.483 e. The van der Waals surface area contributed by atoms with Crippen LogP contribution in [0, 0.1) is 0 Å². The fourth-order valence-electron chi connectivity index (χ4n) is 2.75. The van der Waals surface area contributed by atoms with Crippen LogP contribution in [0.4, 0.5) is 0 Å². The molecule has 26 heavy (non-hydrogen) atoms. The molecule has 0 saturated carbocycles. The van der Waals surface area contributed by atoms with Gasteiger partial charge in [-0.15, -0.1) is 0 Å². The topological polar surface area (TPSA) is 51.2 Å². The van der Waals surface area contributed by atoms with Crippen molar-refractivity contribution in [2.45, 2.75) is 19.4 Å². The van der Waals surface area contributed by atoms with Crippen LogP contribution in [0.2, 0.25) is 0 Å². The van der Waals surface area contributed by atoms with Crippen molar-refractivity contribution in [1.82, 2.24) is 10.3 Å². The van der Waals surface area contributed by atoms with Crippen molar-refractivity contribution in [3.05, 3.63) is 95.8 Å². The molecule has 0 aliphatic carbocycles. The number of hydrogen-bond acceptors (Lipinski definition) is 3. The van der Waals surface area contributed by atoms with Gasteiger partial charge in [-0.2, -0.15) is 0 Å². The van der Waals surface area contributed by atoms with Gasteiger partial charge in [-0.1, -0.05) is 54.6 Å². The number of pyridine rings is 1. The molecular weight excluding hydrogens is 324 g/mol. The highest BCUT2D eigenvalue weighted by atomic mass is 16.5. The number of benzene rings is 2. The van der Waals surface area contributed by atoms with Crippen LogP contribution in [0.5, 0.6) is 5.75 Å². The van der Waals surface area contributed by atoms with Crippen LogP contribution in [0.25, 0.3) is 0 Å². The fraction of sp³-hybridized carbons (Fsp3) is 0.182. The maximum atomic E-state index is 12.2. The highest BCUT2D eigenvalue weighted by Crippen LogP contribution is 2.21. The highest BCUT2D eigenvalue weighted by molar-refractivity contribution is 5.78. The van der Waals surface area contributed by atoms with Gasteiger partial charge in [0, 0.05) is 18.8 Å². The molecule has 0 aliphatic rings. The van der Waals surface area contributed by atoms with Crippen LogP contribution in [0.15, 0.2) is 79.1 Å². The Balaban J connectivity index is 1.58. The van der Waals surface area contributed by atoms with E-state index in [1.54, 1.807) is 12.4 Å². The van der Waals surface area contributed by atoms with Crippen molar-refractivity contribution in [2.24, 2.45) is 0 Å². The third kappa shape index (κ3) is 4.93. The normalized spacial score (nSPS) is 11.6. The van der Waals surface area contributed by atoms with Crippen LogP contribution in [-0.4, -0.2) is 17.5 Å². The number of aromatic nitrogens is 1. The molecular formula is C22H22N2O2. The largest absolute Gasteiger partial charge is 0.483 e. The van der Waals surface area contributed by atoms with Crippen molar-refractivity contribution < 1.29 is 9.53 Å². The summed E-state index contributed by atoms with van der Waals surface area (Å²) in [5.74, 6) is 0.580. The number of amides is 1. The van der Waals surface area contributed by atoms with Gasteiger partial charge in [-0.3, -0.25) is 9.78 Å². The first-order valence-electron chi connectivity index (χ1n) is 8.66. The average molecular weight is 346 g/mol. The Bertz CT molecular complexity index is 835. The first kappa shape index (κ1) is 17.7. The molecule has 0 spiro atoms. The molecule has 1 N–H and O–H groups in total. The summed E-state index contributed by atoms with van der Waals surface area (Å²) in [5.41, 5.74) is 3.23. The van der Waals surface area contributed by atoms with E-state index in [0.29, 0.717) is 0 Å². The molecule has 0 radical (unpaired) electrons. The first-order valence-corrected chi connectivity index (χ1v) is 8.66. The molecule has 0 aliphatic heterocycles. The monoisotopic (exact) mass is 346 g/mol. The minimum absolute atomic E-state index is 0.0175. The lowest BCUT2D eigenvalue weighted by Gasteiger charge is -2.15. The number of nitrogens with one attached hydrogen (secondary N) is 1. The summed E-state index contributed by atoms with van der Waals surface area (Å²) in [6.45, 7) is 1.91. The highest BCUT2D eigenvalue weighted by Gasteiger charge is 2.11. The number of para-hydroxylation sites is 1. The summed E-state index contributed by atoms with van der Waals surface area (Å²) >= 11 is 0. The summed E-state index contributed by atoms with van der Waals surface area (Å²) in [7, 11) is 0. The van der Waals surface area contributed by atoms with Crippen LogP contribution in [0.3, 0.4) is 0 Å². The van der Waals surface area contributed by atoms with Gasteiger partial charge in [0.05, 0.1) is 6.04 Å². The van der Waals surface area contributed by atoms with E-state index in [1.165, 1.54) is 5.56 Å². The van der Waals surface area contributed by atoms with Crippen molar-refractivity contribution in [1.29, 1.82) is 0 Å². The fourth-order valence-corrected chi connectivity index (χ4v) is 2.75. The molecule has 0 saturated heterocycles. The number of nitrogens with zero attached hydrogens (tertiary/aromatic N) is 1. The Morgan fingerprint density at radius 3 is 2.58 bits per heavy atom. The zero-order valence-corrected chi connectivity index (χ0v) is 14.8. The molecule has 1 atom stereocenters. The molecule has 4 heteroatoms. The molecule has 1 aromatic heterocycles. The Morgan fingerprint density at radius 1 is 1.04 bits per heavy atom. The second-order valence-corrected chi connectivity index (χ2v) is 6.13. The summed E-state index contributed by atoms with van der Waals surface area (Å²) in [4.78, 5) is 16.3. The van der Waals surface area contributed by atoms with Gasteiger partial charge in [-0.05, 0) is 35.7 Å². The lowest BCUT2D eigenvalue weighted by Crippen LogP contribution is -2.31. The zero-order chi connectivity index (χ0) is 18.2. The van der Waals surface area contributed by atoms with Gasteiger partial charge >= 0.3 is 0 Å². The van der Waals surface area contributed by atoms with E-state index < -0.39 is 0 Å². The third-order valence-corrected chi connectivity index (χ3v) is 4.13. The van der Waals surface area contributed by atoms with E-state index in [-0.39, 0.29) is 18.6 Å². The molecule has 1 unspecified atom stereocenters. The van der Waals surface area contributed by atoms with E-state index in [9.17, 15) is 4.79 Å². The molecule has 132 valence electrons. The standard InChI is InChI=1S/C22H22N2O2/c1-17(20-11-7-13-23-15-20)24-22(25)16-26-21-12-6-5-10-19(21)14-18-8-3-2-4-9-18/h2-13,15,17H,14,16H2,1H3,(H,24,25). The van der Waals surface area contributed by atoms with Gasteiger partial charge < -0.3 is 10.1 Å². The van der Waals surface area contributed by atoms with Crippen molar-refractivity contribution in [3.8, 4) is 5.75 Å². The Labute approximate surface area is 153 Å². The zero-order valence-electron chi connectivity index (χ0n) is 14.8. The number of carbonyl (C=O) groups is 1. The predicted octanol–water partition coefficient (Wildman–Crippen LogP) is 3.93. The van der Waals surface area contributed by atoms with Gasteiger partial charge in [0.25, 0.3) is 5.91 Å². The van der Waals surface area contributed by atoms with E-state index in [0.717, 1.165) is 23.3 Å². The van der Waals surface area contributed by atoms with Crippen molar-refractivity contribution in [2.75, 3.05) is 6.61 Å². The Hall–Kier alpha value is -3.14. The number of ether oxygens (including phenoxy) is 1. The van der Waals surface area contributed by atoms with Gasteiger partial charge in [0.15, 0.2) is 6.61 Å². The maximum absolute atomic E-state index is 12.2. The molecule has 1 heterocycles. The van der Waals surface area contributed by atoms with Crippen LogP contribution in [-0.2, 0) is 11.2 Å². The van der Waals surface area contributed by atoms with E-state index in [4.69, 9.17) is 4.74 Å². The van der Waals surface area contributed by atoms with E-state index >= 15 is 0 Å². The lowest BCUT2D eigenvalue weighted by atomic mass is 10.0. The number of rotatable bonds is 7. The van der Waals surface area contributed by atoms with Crippen LogP contribution in [0.1, 0.15) is 29.7 Å². The summed E-state index contributed by atoms with van der Waals surface area (Å²) < 4.78 is 5.78. The maximum Gasteiger partial charge on any atom is 0.258 e. The number of carbonyl (C=O) groups excluding carboxylic acids is 1. The van der Waals surface area contributed by atoms with Crippen LogP contribution >= 0.6 is 0 Å². The van der Waals surface area contributed by atoms with Gasteiger partial charge in [0.2, 0.25) is 0 Å². The third-order valence-electron chi connectivity index (χ3n) is 4.13. The lowest BCUT2D eigenvalue weighted by molar-refractivity contribution is -0.123. The molecule has 3 rings (SSSR count). The second-order valence-electron chi connectivity index (χ2n) is 6.13. The molecule has 3 aromatic rings. The van der Waals surface area contributed by atoms with E-state index in [2.05, 4.69) is 22.4 Å². The molecule has 4 nitrogen and oxygen atoms in total. The quantitative estimate of drug-likeness (QED) is 0.705. The van der Waals surface area contributed by atoms with Gasteiger partial charge in [0.1, 0.15) is 5.75 Å². The molecule has 0 bridgehead atoms. The second kappa shape index (κ2) is 8.81. The number of hydrogen-bond donors (Lipinski definition) is 1. The molecule has 1 amide bonds. The van der Waals surface area contributed by atoms with E-state index in [1.807, 2.05) is 61.5 Å². The Kier molecular flexibility index (Phi) is 5.99. The predicted molar refractivity (Wildman–Crippen MR) is 102 cm³/mol. The summed E-state index contributed by atoms with van der Waals surface area (Å²) in [5, 5.41) is 2.93. The smallest absolute Gasteiger partial charge is 0.258 e.